The molecule has 2 atom stereocenters. The lowest BCUT2D eigenvalue weighted by atomic mass is 9.96. The van der Waals surface area contributed by atoms with Crippen molar-refractivity contribution in [2.75, 3.05) is 0 Å². The quantitative estimate of drug-likeness (QED) is 0.665. The molecule has 12 heavy (non-hydrogen) atoms. The van der Waals surface area contributed by atoms with Crippen LogP contribution in [0.4, 0.5) is 0 Å². The number of Topliss-reactive ketones (excluding diaryl/α,β-unsaturated/α-hetero) is 1. The van der Waals surface area contributed by atoms with E-state index in [1.807, 2.05) is 0 Å². The molecule has 0 aromatic rings. The second kappa shape index (κ2) is 4.22. The lowest BCUT2D eigenvalue weighted by Gasteiger charge is -2.26. The summed E-state index contributed by atoms with van der Waals surface area (Å²) in [5.74, 6) is 0.200. The number of nitriles is 1. The number of nitrogens with zero attached hydrogens (tertiary/aromatic N) is 1. The third kappa shape index (κ3) is 2.63. The second-order valence-electron chi connectivity index (χ2n) is 3.38. The van der Waals surface area contributed by atoms with Crippen molar-refractivity contribution in [3.63, 3.8) is 0 Å². The molecule has 0 spiro atoms. The number of carbonyl (C=O) groups is 1. The molecule has 0 amide bonds. The van der Waals surface area contributed by atoms with Gasteiger partial charge in [0.25, 0.3) is 0 Å². The molecule has 1 saturated heterocycles. The van der Waals surface area contributed by atoms with Gasteiger partial charge in [-0.15, -0.1) is 0 Å². The molecule has 1 fully saturated rings. The van der Waals surface area contributed by atoms with E-state index in [0.29, 0.717) is 6.42 Å². The first-order valence-electron chi connectivity index (χ1n) is 4.37. The van der Waals surface area contributed by atoms with Crippen LogP contribution in [0.3, 0.4) is 0 Å². The van der Waals surface area contributed by atoms with Crippen LogP contribution in [-0.4, -0.2) is 17.9 Å². The molecule has 0 aromatic heterocycles. The van der Waals surface area contributed by atoms with Gasteiger partial charge in [-0.3, -0.25) is 10.1 Å². The summed E-state index contributed by atoms with van der Waals surface area (Å²) in [7, 11) is 0. The van der Waals surface area contributed by atoms with Gasteiger partial charge in [-0.05, 0) is 26.2 Å². The van der Waals surface area contributed by atoms with Gasteiger partial charge in [0.15, 0.2) is 0 Å². The summed E-state index contributed by atoms with van der Waals surface area (Å²) in [6.07, 6.45) is 3.57. The summed E-state index contributed by atoms with van der Waals surface area (Å²) in [5, 5.41) is 11.8. The van der Waals surface area contributed by atoms with Crippen LogP contribution < -0.4 is 5.32 Å². The topological polar surface area (TPSA) is 52.9 Å². The van der Waals surface area contributed by atoms with Gasteiger partial charge in [-0.1, -0.05) is 0 Å². The molecule has 1 aliphatic rings. The highest BCUT2D eigenvalue weighted by Crippen LogP contribution is 2.14. The largest absolute Gasteiger partial charge is 0.300 e. The first-order valence-corrected chi connectivity index (χ1v) is 4.37. The minimum absolute atomic E-state index is 0.0388. The van der Waals surface area contributed by atoms with Crippen LogP contribution in [0.2, 0.25) is 0 Å². The first-order chi connectivity index (χ1) is 5.72. The van der Waals surface area contributed by atoms with E-state index >= 15 is 0 Å². The lowest BCUT2D eigenvalue weighted by Crippen LogP contribution is -2.42. The molecule has 3 heteroatoms. The van der Waals surface area contributed by atoms with Crippen molar-refractivity contribution in [1.82, 2.24) is 5.32 Å². The average Bonchev–Trinajstić information content (AvgIpc) is 2.03. The molecule has 0 bridgehead atoms. The van der Waals surface area contributed by atoms with Crippen molar-refractivity contribution in [1.29, 1.82) is 5.26 Å². The Bertz CT molecular complexity index is 207. The van der Waals surface area contributed by atoms with E-state index in [4.69, 9.17) is 5.26 Å². The SMILES string of the molecule is CC(=O)C[C@@H]1CCC[C@@H](C#N)N1. The lowest BCUT2D eigenvalue weighted by molar-refractivity contribution is -0.117. The highest BCUT2D eigenvalue weighted by molar-refractivity contribution is 5.76. The fraction of sp³-hybridized carbons (Fsp3) is 0.778. The number of nitrogens with one attached hydrogen (secondary N) is 1. The first kappa shape index (κ1) is 9.21. The Hall–Kier alpha value is -0.880. The van der Waals surface area contributed by atoms with E-state index in [1.54, 1.807) is 6.92 Å². The van der Waals surface area contributed by atoms with E-state index in [2.05, 4.69) is 11.4 Å². The Kier molecular flexibility index (Phi) is 3.24. The maximum Gasteiger partial charge on any atom is 0.131 e. The fourth-order valence-corrected chi connectivity index (χ4v) is 1.63. The van der Waals surface area contributed by atoms with Gasteiger partial charge in [0.1, 0.15) is 5.78 Å². The zero-order valence-corrected chi connectivity index (χ0v) is 7.34. The Labute approximate surface area is 72.8 Å². The summed E-state index contributed by atoms with van der Waals surface area (Å²) in [6, 6.07) is 2.38. The molecular formula is C9H14N2O. The predicted molar refractivity (Wildman–Crippen MR) is 45.5 cm³/mol. The van der Waals surface area contributed by atoms with Gasteiger partial charge in [0.2, 0.25) is 0 Å². The van der Waals surface area contributed by atoms with Crippen LogP contribution >= 0.6 is 0 Å². The number of ketones is 1. The maximum atomic E-state index is 10.8. The summed E-state index contributed by atoms with van der Waals surface area (Å²) in [6.45, 7) is 1.59. The molecule has 1 heterocycles. The van der Waals surface area contributed by atoms with Gasteiger partial charge >= 0.3 is 0 Å². The molecule has 1 N–H and O–H groups in total. The van der Waals surface area contributed by atoms with Crippen molar-refractivity contribution in [3.8, 4) is 6.07 Å². The van der Waals surface area contributed by atoms with E-state index < -0.39 is 0 Å². The third-order valence-electron chi connectivity index (χ3n) is 2.17. The second-order valence-corrected chi connectivity index (χ2v) is 3.38. The van der Waals surface area contributed by atoms with Gasteiger partial charge in [-0.25, -0.2) is 0 Å². The van der Waals surface area contributed by atoms with Gasteiger partial charge in [0.05, 0.1) is 12.1 Å². The van der Waals surface area contributed by atoms with E-state index in [0.717, 1.165) is 19.3 Å². The number of carbonyl (C=O) groups excluding carboxylic acids is 1. The fourth-order valence-electron chi connectivity index (χ4n) is 1.63. The monoisotopic (exact) mass is 166 g/mol. The molecule has 66 valence electrons. The number of piperidine rings is 1. The molecule has 0 aromatic carbocycles. The van der Waals surface area contributed by atoms with Crippen molar-refractivity contribution in [3.05, 3.63) is 0 Å². The Morgan fingerprint density at radius 2 is 2.42 bits per heavy atom. The summed E-state index contributed by atoms with van der Waals surface area (Å²) < 4.78 is 0. The van der Waals surface area contributed by atoms with Crippen LogP contribution in [0.1, 0.15) is 32.6 Å². The van der Waals surface area contributed by atoms with Crippen LogP contribution in [-0.2, 0) is 4.79 Å². The summed E-state index contributed by atoms with van der Waals surface area (Å²) in [4.78, 5) is 10.8. The summed E-state index contributed by atoms with van der Waals surface area (Å²) >= 11 is 0. The van der Waals surface area contributed by atoms with Gasteiger partial charge < -0.3 is 0 Å². The molecule has 3 nitrogen and oxygen atoms in total. The summed E-state index contributed by atoms with van der Waals surface area (Å²) in [5.41, 5.74) is 0. The Balaban J connectivity index is 2.36. The van der Waals surface area contributed by atoms with E-state index in [9.17, 15) is 4.79 Å². The van der Waals surface area contributed by atoms with Crippen molar-refractivity contribution < 1.29 is 4.79 Å². The standard InChI is InChI=1S/C9H14N2O/c1-7(12)5-8-3-2-4-9(6-10)11-8/h8-9,11H,2-5H2,1H3/t8-,9-/m0/s1. The van der Waals surface area contributed by atoms with Crippen LogP contribution in [0.15, 0.2) is 0 Å². The average molecular weight is 166 g/mol. The van der Waals surface area contributed by atoms with Crippen LogP contribution in [0.5, 0.6) is 0 Å². The Morgan fingerprint density at radius 1 is 1.67 bits per heavy atom. The van der Waals surface area contributed by atoms with Crippen LogP contribution in [0.25, 0.3) is 0 Å². The highest BCUT2D eigenvalue weighted by atomic mass is 16.1. The molecule has 0 aliphatic carbocycles. The third-order valence-corrected chi connectivity index (χ3v) is 2.17. The molecule has 0 saturated carbocycles. The molecule has 0 radical (unpaired) electrons. The van der Waals surface area contributed by atoms with Gasteiger partial charge in [-0.2, -0.15) is 5.26 Å². The number of hydrogen-bond donors (Lipinski definition) is 1. The molecule has 1 rings (SSSR count). The zero-order chi connectivity index (χ0) is 8.97. The normalized spacial score (nSPS) is 29.3. The minimum Gasteiger partial charge on any atom is -0.300 e. The highest BCUT2D eigenvalue weighted by Gasteiger charge is 2.20. The number of rotatable bonds is 2. The number of hydrogen-bond acceptors (Lipinski definition) is 3. The smallest absolute Gasteiger partial charge is 0.131 e. The van der Waals surface area contributed by atoms with E-state index in [-0.39, 0.29) is 17.9 Å². The van der Waals surface area contributed by atoms with E-state index in [1.165, 1.54) is 0 Å². The van der Waals surface area contributed by atoms with Crippen molar-refractivity contribution in [2.45, 2.75) is 44.7 Å². The maximum absolute atomic E-state index is 10.8. The van der Waals surface area contributed by atoms with Gasteiger partial charge in [0, 0.05) is 12.5 Å². The Morgan fingerprint density at radius 3 is 3.00 bits per heavy atom. The predicted octanol–water partition coefficient (Wildman–Crippen LogP) is 1.000. The molecule has 1 aliphatic heterocycles. The van der Waals surface area contributed by atoms with Crippen molar-refractivity contribution in [2.24, 2.45) is 0 Å². The zero-order valence-electron chi connectivity index (χ0n) is 7.34. The molecular weight excluding hydrogens is 152 g/mol. The minimum atomic E-state index is -0.0388. The van der Waals surface area contributed by atoms with Crippen molar-refractivity contribution >= 4 is 5.78 Å². The molecule has 0 unspecified atom stereocenters. The van der Waals surface area contributed by atoms with Crippen LogP contribution in [0, 0.1) is 11.3 Å².